The first-order valence-corrected chi connectivity index (χ1v) is 11.4. The first-order valence-electron chi connectivity index (χ1n) is 10.9. The van der Waals surface area contributed by atoms with Crippen molar-refractivity contribution in [1.82, 2.24) is 4.90 Å². The number of benzene rings is 3. The van der Waals surface area contributed by atoms with Gasteiger partial charge in [0.05, 0.1) is 17.7 Å². The van der Waals surface area contributed by atoms with Crippen molar-refractivity contribution in [2.45, 2.75) is 25.1 Å². The van der Waals surface area contributed by atoms with E-state index in [1.165, 1.54) is 12.1 Å². The van der Waals surface area contributed by atoms with Gasteiger partial charge in [0.1, 0.15) is 6.04 Å². The molecule has 0 unspecified atom stereocenters. The number of amides is 2. The Balaban J connectivity index is 1.60. The van der Waals surface area contributed by atoms with E-state index in [4.69, 9.17) is 12.2 Å². The highest BCUT2D eigenvalue weighted by Gasteiger charge is 2.44. The lowest BCUT2D eigenvalue weighted by molar-refractivity contribution is -0.137. The molecule has 1 aliphatic heterocycles. The molecule has 180 valence electrons. The van der Waals surface area contributed by atoms with Crippen molar-refractivity contribution in [2.75, 3.05) is 16.8 Å². The zero-order valence-corrected chi connectivity index (χ0v) is 19.4. The maximum Gasteiger partial charge on any atom is 0.416 e. The van der Waals surface area contributed by atoms with Gasteiger partial charge in [-0.2, -0.15) is 13.2 Å². The highest BCUT2D eigenvalue weighted by molar-refractivity contribution is 7.80. The van der Waals surface area contributed by atoms with Crippen molar-refractivity contribution >= 4 is 40.5 Å². The summed E-state index contributed by atoms with van der Waals surface area (Å²) < 4.78 is 39.9. The number of hydrogen-bond acceptors (Lipinski definition) is 3. The molecule has 1 aliphatic rings. The highest BCUT2D eigenvalue weighted by atomic mass is 32.1. The van der Waals surface area contributed by atoms with Crippen LogP contribution in [-0.4, -0.2) is 34.4 Å². The molecule has 35 heavy (non-hydrogen) atoms. The summed E-state index contributed by atoms with van der Waals surface area (Å²) in [5.74, 6) is -0.932. The van der Waals surface area contributed by atoms with Gasteiger partial charge in [0.15, 0.2) is 5.11 Å². The van der Waals surface area contributed by atoms with Crippen molar-refractivity contribution in [3.8, 4) is 0 Å². The van der Waals surface area contributed by atoms with E-state index < -0.39 is 29.6 Å². The minimum atomic E-state index is -4.57. The largest absolute Gasteiger partial charge is 0.416 e. The Morgan fingerprint density at radius 1 is 0.943 bits per heavy atom. The van der Waals surface area contributed by atoms with Crippen LogP contribution < -0.4 is 10.2 Å². The summed E-state index contributed by atoms with van der Waals surface area (Å²) in [5.41, 5.74) is 0.723. The van der Waals surface area contributed by atoms with Crippen molar-refractivity contribution in [3.63, 3.8) is 0 Å². The van der Waals surface area contributed by atoms with Crippen LogP contribution in [0, 0.1) is 0 Å². The monoisotopic (exact) mass is 497 g/mol. The van der Waals surface area contributed by atoms with Gasteiger partial charge < -0.3 is 10.2 Å². The summed E-state index contributed by atoms with van der Waals surface area (Å²) in [6.07, 6.45) is -4.22. The van der Waals surface area contributed by atoms with Crippen LogP contribution in [0.4, 0.5) is 24.5 Å². The average molecular weight is 498 g/mol. The number of halogens is 3. The summed E-state index contributed by atoms with van der Waals surface area (Å²) in [6.45, 7) is 0.327. The molecule has 2 amide bonds. The van der Waals surface area contributed by atoms with Gasteiger partial charge in [0, 0.05) is 12.2 Å². The quantitative estimate of drug-likeness (QED) is 0.452. The number of alkyl halides is 3. The van der Waals surface area contributed by atoms with Crippen LogP contribution >= 0.6 is 12.2 Å². The number of para-hydroxylation sites is 1. The molecule has 3 aromatic carbocycles. The zero-order chi connectivity index (χ0) is 25.0. The Morgan fingerprint density at radius 3 is 2.26 bits per heavy atom. The lowest BCUT2D eigenvalue weighted by atomic mass is 10.1. The van der Waals surface area contributed by atoms with Gasteiger partial charge in [-0.1, -0.05) is 54.6 Å². The van der Waals surface area contributed by atoms with Crippen molar-refractivity contribution < 1.29 is 22.8 Å². The second-order valence-corrected chi connectivity index (χ2v) is 8.43. The van der Waals surface area contributed by atoms with Crippen molar-refractivity contribution in [3.05, 3.63) is 96.1 Å². The zero-order valence-electron chi connectivity index (χ0n) is 18.5. The maximum absolute atomic E-state index is 13.4. The van der Waals surface area contributed by atoms with E-state index >= 15 is 0 Å². The first-order chi connectivity index (χ1) is 16.7. The summed E-state index contributed by atoms with van der Waals surface area (Å²) in [4.78, 5) is 28.9. The van der Waals surface area contributed by atoms with Crippen molar-refractivity contribution in [2.24, 2.45) is 0 Å². The molecule has 3 aromatic rings. The topological polar surface area (TPSA) is 52.7 Å². The molecular weight excluding hydrogens is 475 g/mol. The predicted octanol–water partition coefficient (Wildman–Crippen LogP) is 5.28. The Hall–Kier alpha value is -3.72. The first kappa shape index (κ1) is 24.4. The van der Waals surface area contributed by atoms with Crippen LogP contribution in [0.5, 0.6) is 0 Å². The highest BCUT2D eigenvalue weighted by Crippen LogP contribution is 2.34. The fourth-order valence-corrected chi connectivity index (χ4v) is 4.36. The summed E-state index contributed by atoms with van der Waals surface area (Å²) in [5, 5.41) is 2.83. The summed E-state index contributed by atoms with van der Waals surface area (Å²) in [7, 11) is 0. The fourth-order valence-electron chi connectivity index (χ4n) is 3.95. The van der Waals surface area contributed by atoms with E-state index in [2.05, 4.69) is 5.32 Å². The number of hydrogen-bond donors (Lipinski definition) is 1. The molecule has 1 heterocycles. The van der Waals surface area contributed by atoms with Crippen LogP contribution in [0.1, 0.15) is 17.5 Å². The van der Waals surface area contributed by atoms with Gasteiger partial charge in [-0.15, -0.1) is 0 Å². The number of carbonyl (C=O) groups is 2. The lowest BCUT2D eigenvalue weighted by Gasteiger charge is -2.24. The second-order valence-electron chi connectivity index (χ2n) is 8.07. The third kappa shape index (κ3) is 5.68. The van der Waals surface area contributed by atoms with Gasteiger partial charge in [0.2, 0.25) is 5.91 Å². The molecule has 1 saturated heterocycles. The Bertz CT molecular complexity index is 1220. The SMILES string of the molecule is O=C(C[C@H]1C(=O)N(c2cccc(C(F)(F)F)c2)C(=S)N1CCc1ccccc1)Nc1ccccc1. The molecule has 5 nitrogen and oxygen atoms in total. The second kappa shape index (κ2) is 10.3. The molecule has 9 heteroatoms. The molecule has 0 saturated carbocycles. The molecule has 1 atom stereocenters. The van der Waals surface area contributed by atoms with E-state index in [1.807, 2.05) is 36.4 Å². The number of carbonyl (C=O) groups excluding carboxylic acids is 2. The molecule has 4 rings (SSSR count). The average Bonchev–Trinajstić information content (AvgIpc) is 3.07. The Labute approximate surface area is 206 Å². The molecule has 0 spiro atoms. The van der Waals surface area contributed by atoms with Crippen LogP contribution in [0.15, 0.2) is 84.9 Å². The summed E-state index contributed by atoms with van der Waals surface area (Å²) in [6, 6.07) is 21.9. The lowest BCUT2D eigenvalue weighted by Crippen LogP contribution is -2.39. The van der Waals surface area contributed by atoms with E-state index in [9.17, 15) is 22.8 Å². The molecule has 1 fully saturated rings. The molecule has 0 aliphatic carbocycles. The third-order valence-electron chi connectivity index (χ3n) is 5.67. The van der Waals surface area contributed by atoms with Gasteiger partial charge in [-0.25, -0.2) is 0 Å². The fraction of sp³-hybridized carbons (Fsp3) is 0.192. The molecule has 0 radical (unpaired) electrons. The number of nitrogens with zero attached hydrogens (tertiary/aromatic N) is 2. The smallest absolute Gasteiger partial charge is 0.336 e. The Kier molecular flexibility index (Phi) is 7.16. The van der Waals surface area contributed by atoms with Crippen LogP contribution in [0.25, 0.3) is 0 Å². The number of thiocarbonyl (C=S) groups is 1. The van der Waals surface area contributed by atoms with Crippen LogP contribution in [-0.2, 0) is 22.2 Å². The number of rotatable bonds is 7. The molecule has 0 bridgehead atoms. The van der Waals surface area contributed by atoms with E-state index in [1.54, 1.807) is 29.2 Å². The third-order valence-corrected chi connectivity index (χ3v) is 6.09. The van der Waals surface area contributed by atoms with Crippen LogP contribution in [0.2, 0.25) is 0 Å². The Morgan fingerprint density at radius 2 is 1.60 bits per heavy atom. The van der Waals surface area contributed by atoms with Crippen LogP contribution in [0.3, 0.4) is 0 Å². The summed E-state index contributed by atoms with van der Waals surface area (Å²) >= 11 is 5.55. The predicted molar refractivity (Wildman–Crippen MR) is 132 cm³/mol. The normalized spacial score (nSPS) is 16.0. The van der Waals surface area contributed by atoms with Gasteiger partial charge in [0.25, 0.3) is 5.91 Å². The molecule has 0 aromatic heterocycles. The van der Waals surface area contributed by atoms with Gasteiger partial charge >= 0.3 is 6.18 Å². The minimum Gasteiger partial charge on any atom is -0.336 e. The van der Waals surface area contributed by atoms with E-state index in [0.29, 0.717) is 18.7 Å². The molecule has 1 N–H and O–H groups in total. The number of nitrogens with one attached hydrogen (secondary N) is 1. The van der Waals surface area contributed by atoms with Crippen molar-refractivity contribution in [1.29, 1.82) is 0 Å². The van der Waals surface area contributed by atoms with Gasteiger partial charge in [-0.05, 0) is 54.5 Å². The van der Waals surface area contributed by atoms with Gasteiger partial charge in [-0.3, -0.25) is 14.5 Å². The molecular formula is C26H22F3N3O2S. The number of anilines is 2. The standard InChI is InChI=1S/C26H22F3N3O2S/c27-26(28,29)19-10-7-13-21(16-19)32-24(34)22(17-23(33)30-20-11-5-2-6-12-20)31(25(32)35)15-14-18-8-3-1-4-9-18/h1-13,16,22H,14-15,17H2,(H,30,33)/t22-/m0/s1. The van der Waals surface area contributed by atoms with E-state index in [-0.39, 0.29) is 17.2 Å². The van der Waals surface area contributed by atoms with E-state index in [0.717, 1.165) is 22.6 Å². The maximum atomic E-state index is 13.4. The minimum absolute atomic E-state index is 0.0190.